The second-order valence-electron chi connectivity index (χ2n) is 7.81. The summed E-state index contributed by atoms with van der Waals surface area (Å²) in [6.45, 7) is 2.36. The zero-order chi connectivity index (χ0) is 20.9. The molecule has 0 spiro atoms. The zero-order valence-corrected chi connectivity index (χ0v) is 17.5. The molecule has 0 bridgehead atoms. The number of fused-ring (bicyclic) bond motifs is 4. The highest BCUT2D eigenvalue weighted by atomic mass is 32.2. The lowest BCUT2D eigenvalue weighted by Crippen LogP contribution is -2.46. The largest absolute Gasteiger partial charge is 0.311 e. The van der Waals surface area contributed by atoms with Crippen LogP contribution in [0.15, 0.2) is 71.6 Å². The van der Waals surface area contributed by atoms with Crippen LogP contribution in [0.25, 0.3) is 11.1 Å². The highest BCUT2D eigenvalue weighted by Crippen LogP contribution is 2.43. The molecule has 30 heavy (non-hydrogen) atoms. The van der Waals surface area contributed by atoms with E-state index in [0.29, 0.717) is 17.8 Å². The van der Waals surface area contributed by atoms with Gasteiger partial charge >= 0.3 is 0 Å². The van der Waals surface area contributed by atoms with Gasteiger partial charge in [-0.25, -0.2) is 8.42 Å². The van der Waals surface area contributed by atoms with Crippen LogP contribution in [0.4, 0.5) is 11.4 Å². The minimum absolute atomic E-state index is 0.211. The van der Waals surface area contributed by atoms with E-state index in [1.807, 2.05) is 55.5 Å². The summed E-state index contributed by atoms with van der Waals surface area (Å²) in [4.78, 5) is 15.3. The standard InChI is InChI=1S/C24H22N2O3S/c1-17-12-13-22-20(15-17)19-9-3-5-11-23(19)30(28,29)26(22)16-24(27)25-14-6-8-18-7-2-4-10-21(18)25/h2-5,7,9-13,15H,6,8,14,16H2,1H3. The fraction of sp³-hybridized carbons (Fsp3) is 0.208. The number of carbonyl (C=O) groups excluding carboxylic acids is 1. The van der Waals surface area contributed by atoms with Crippen molar-refractivity contribution in [2.75, 3.05) is 22.3 Å². The molecule has 0 saturated carbocycles. The number of carbonyl (C=O) groups is 1. The number of anilines is 2. The summed E-state index contributed by atoms with van der Waals surface area (Å²) in [5.74, 6) is -0.211. The van der Waals surface area contributed by atoms with Crippen molar-refractivity contribution in [2.45, 2.75) is 24.7 Å². The molecule has 3 aromatic carbocycles. The Balaban J connectivity index is 1.58. The van der Waals surface area contributed by atoms with Gasteiger partial charge in [-0.15, -0.1) is 0 Å². The Bertz CT molecular complexity index is 1270. The predicted molar refractivity (Wildman–Crippen MR) is 118 cm³/mol. The number of sulfonamides is 1. The Morgan fingerprint density at radius 2 is 1.70 bits per heavy atom. The quantitative estimate of drug-likeness (QED) is 0.628. The number of rotatable bonds is 2. The molecule has 2 aliphatic rings. The molecule has 1 amide bonds. The first-order chi connectivity index (χ1) is 14.5. The second kappa shape index (κ2) is 6.99. The van der Waals surface area contributed by atoms with E-state index in [1.54, 1.807) is 23.1 Å². The summed E-state index contributed by atoms with van der Waals surface area (Å²) in [6, 6.07) is 20.5. The van der Waals surface area contributed by atoms with Gasteiger partial charge in [0.2, 0.25) is 5.91 Å². The van der Waals surface area contributed by atoms with E-state index in [4.69, 9.17) is 0 Å². The third-order valence-corrected chi connectivity index (χ3v) is 7.67. The molecule has 0 aliphatic carbocycles. The maximum atomic E-state index is 13.5. The minimum Gasteiger partial charge on any atom is -0.311 e. The summed E-state index contributed by atoms with van der Waals surface area (Å²) in [5, 5.41) is 0. The third kappa shape index (κ3) is 2.91. The number of nitrogens with zero attached hydrogens (tertiary/aromatic N) is 2. The van der Waals surface area contributed by atoms with Gasteiger partial charge < -0.3 is 4.90 Å². The monoisotopic (exact) mass is 418 g/mol. The summed E-state index contributed by atoms with van der Waals surface area (Å²) >= 11 is 0. The molecule has 0 radical (unpaired) electrons. The third-order valence-electron chi connectivity index (χ3n) is 5.86. The van der Waals surface area contributed by atoms with E-state index < -0.39 is 10.0 Å². The van der Waals surface area contributed by atoms with Crippen LogP contribution in [0, 0.1) is 6.92 Å². The Hall–Kier alpha value is -3.12. The van der Waals surface area contributed by atoms with E-state index in [-0.39, 0.29) is 17.3 Å². The molecular formula is C24H22N2O3S. The van der Waals surface area contributed by atoms with Crippen LogP contribution in [0.5, 0.6) is 0 Å². The number of para-hydroxylation sites is 1. The fourth-order valence-corrected chi connectivity index (χ4v) is 6.06. The van der Waals surface area contributed by atoms with Crippen molar-refractivity contribution in [1.82, 2.24) is 0 Å². The van der Waals surface area contributed by atoms with Gasteiger partial charge in [0.1, 0.15) is 6.54 Å². The first kappa shape index (κ1) is 18.9. The first-order valence-electron chi connectivity index (χ1n) is 10.1. The molecular weight excluding hydrogens is 396 g/mol. The Morgan fingerprint density at radius 3 is 2.57 bits per heavy atom. The summed E-state index contributed by atoms with van der Waals surface area (Å²) < 4.78 is 28.2. The molecule has 152 valence electrons. The van der Waals surface area contributed by atoms with Gasteiger partial charge in [0.05, 0.1) is 10.6 Å². The van der Waals surface area contributed by atoms with Crippen LogP contribution in [0.3, 0.4) is 0 Å². The van der Waals surface area contributed by atoms with Crippen molar-refractivity contribution in [3.63, 3.8) is 0 Å². The molecule has 2 heterocycles. The molecule has 5 rings (SSSR count). The molecule has 0 fully saturated rings. The van der Waals surface area contributed by atoms with Crippen molar-refractivity contribution >= 4 is 27.3 Å². The van der Waals surface area contributed by atoms with E-state index in [1.165, 1.54) is 4.31 Å². The lowest BCUT2D eigenvalue weighted by molar-refractivity contribution is -0.117. The lowest BCUT2D eigenvalue weighted by atomic mass is 10.0. The van der Waals surface area contributed by atoms with Gasteiger partial charge in [-0.2, -0.15) is 0 Å². The molecule has 6 heteroatoms. The van der Waals surface area contributed by atoms with Crippen molar-refractivity contribution in [3.05, 3.63) is 77.9 Å². The number of hydrogen-bond acceptors (Lipinski definition) is 3. The number of aryl methyl sites for hydroxylation is 2. The van der Waals surface area contributed by atoms with Gasteiger partial charge in [0, 0.05) is 23.4 Å². The van der Waals surface area contributed by atoms with Crippen molar-refractivity contribution in [3.8, 4) is 11.1 Å². The van der Waals surface area contributed by atoms with Gasteiger partial charge in [-0.3, -0.25) is 9.10 Å². The molecule has 2 aliphatic heterocycles. The molecule has 0 unspecified atom stereocenters. The van der Waals surface area contributed by atoms with Crippen molar-refractivity contribution in [2.24, 2.45) is 0 Å². The van der Waals surface area contributed by atoms with Gasteiger partial charge in [-0.1, -0.05) is 48.0 Å². The molecule has 3 aromatic rings. The van der Waals surface area contributed by atoms with Crippen LogP contribution >= 0.6 is 0 Å². The molecule has 0 N–H and O–H groups in total. The Morgan fingerprint density at radius 1 is 0.933 bits per heavy atom. The summed E-state index contributed by atoms with van der Waals surface area (Å²) in [6.07, 6.45) is 1.80. The minimum atomic E-state index is -3.83. The molecule has 0 atom stereocenters. The van der Waals surface area contributed by atoms with Crippen molar-refractivity contribution in [1.29, 1.82) is 0 Å². The first-order valence-corrected chi connectivity index (χ1v) is 11.5. The smallest absolute Gasteiger partial charge is 0.265 e. The number of benzene rings is 3. The van der Waals surface area contributed by atoms with Crippen LogP contribution < -0.4 is 9.21 Å². The van der Waals surface area contributed by atoms with E-state index in [0.717, 1.165) is 35.2 Å². The summed E-state index contributed by atoms with van der Waals surface area (Å²) in [5.41, 5.74) is 5.13. The normalized spacial score (nSPS) is 16.4. The van der Waals surface area contributed by atoms with Crippen LogP contribution in [0.1, 0.15) is 17.5 Å². The molecule has 0 saturated heterocycles. The average Bonchev–Trinajstić information content (AvgIpc) is 2.76. The van der Waals surface area contributed by atoms with E-state index >= 15 is 0 Å². The fourth-order valence-electron chi connectivity index (χ4n) is 4.42. The van der Waals surface area contributed by atoms with Crippen LogP contribution in [-0.4, -0.2) is 27.4 Å². The SMILES string of the molecule is Cc1ccc2c(c1)-c1ccccc1S(=O)(=O)N2CC(=O)N1CCCc2ccccc21. The summed E-state index contributed by atoms with van der Waals surface area (Å²) in [7, 11) is -3.83. The number of hydrogen-bond donors (Lipinski definition) is 0. The average molecular weight is 419 g/mol. The molecule has 0 aromatic heterocycles. The lowest BCUT2D eigenvalue weighted by Gasteiger charge is -2.35. The van der Waals surface area contributed by atoms with Gasteiger partial charge in [0.25, 0.3) is 10.0 Å². The Labute approximate surface area is 176 Å². The molecule has 5 nitrogen and oxygen atoms in total. The predicted octanol–water partition coefficient (Wildman–Crippen LogP) is 4.15. The topological polar surface area (TPSA) is 57.7 Å². The Kier molecular flexibility index (Phi) is 4.40. The second-order valence-corrected chi connectivity index (χ2v) is 9.64. The van der Waals surface area contributed by atoms with Gasteiger partial charge in [-0.05, 0) is 49.6 Å². The maximum absolute atomic E-state index is 13.5. The highest BCUT2D eigenvalue weighted by molar-refractivity contribution is 7.93. The van der Waals surface area contributed by atoms with Crippen LogP contribution in [0.2, 0.25) is 0 Å². The van der Waals surface area contributed by atoms with Crippen molar-refractivity contribution < 1.29 is 13.2 Å². The number of amides is 1. The van der Waals surface area contributed by atoms with Gasteiger partial charge in [0.15, 0.2) is 0 Å². The zero-order valence-electron chi connectivity index (χ0n) is 16.7. The van der Waals surface area contributed by atoms with E-state index in [2.05, 4.69) is 0 Å². The van der Waals surface area contributed by atoms with Crippen LogP contribution in [-0.2, 0) is 21.2 Å². The highest BCUT2D eigenvalue weighted by Gasteiger charge is 2.37. The van der Waals surface area contributed by atoms with E-state index in [9.17, 15) is 13.2 Å². The maximum Gasteiger partial charge on any atom is 0.265 e.